The molecule has 0 bridgehead atoms. The molecule has 0 aliphatic rings. The molecule has 1 nitrogen and oxygen atoms in total. The van der Waals surface area contributed by atoms with Crippen molar-refractivity contribution in [3.63, 3.8) is 0 Å². The van der Waals surface area contributed by atoms with E-state index in [2.05, 4.69) is 22.6 Å². The summed E-state index contributed by atoms with van der Waals surface area (Å²) in [5.74, 6) is 0. The molecule has 0 amide bonds. The third kappa shape index (κ3) is 244. The fourth-order valence-electron chi connectivity index (χ4n) is 0. The van der Waals surface area contributed by atoms with Crippen LogP contribution in [0.1, 0.15) is 6.92 Å². The van der Waals surface area contributed by atoms with Gasteiger partial charge in [-0.1, -0.05) is 0 Å². The molecule has 0 saturated heterocycles. The Kier molecular flexibility index (Phi) is 1850. The predicted octanol–water partition coefficient (Wildman–Crippen LogP) is 1.17. The summed E-state index contributed by atoms with van der Waals surface area (Å²) in [7, 11) is 0. The van der Waals surface area contributed by atoms with Crippen molar-refractivity contribution in [1.29, 1.82) is 0 Å². The average Bonchev–Trinajstić information content (AvgIpc) is 1.50. The van der Waals surface area contributed by atoms with E-state index in [9.17, 15) is 0 Å². The molecule has 0 unspecified atom stereocenters. The van der Waals surface area contributed by atoms with E-state index in [-0.39, 0.29) is 7.43 Å². The molecule has 0 atom stereocenters. The van der Waals surface area contributed by atoms with E-state index in [1.807, 2.05) is 0 Å². The Hall–Kier alpha value is 0.306. The van der Waals surface area contributed by atoms with Gasteiger partial charge in [0.25, 0.3) is 0 Å². The zero-order valence-corrected chi connectivity index (χ0v) is 4.49. The van der Waals surface area contributed by atoms with Gasteiger partial charge in [0.15, 0.2) is 0 Å². The quantitative estimate of drug-likeness (QED) is 0.437. The molecule has 0 radical (unpaired) electrons. The molecule has 0 spiro atoms. The summed E-state index contributed by atoms with van der Waals surface area (Å²) in [6.07, 6.45) is 0. The maximum absolute atomic E-state index is 7.94. The summed E-state index contributed by atoms with van der Waals surface area (Å²) in [5, 5.41) is 0. The Labute approximate surface area is 41.6 Å². The Bertz CT molecular complexity index is 6.85. The zero-order valence-electron chi connectivity index (χ0n) is 3.45. The fourth-order valence-corrected chi connectivity index (χ4v) is 0. The second kappa shape index (κ2) is 501. The van der Waals surface area contributed by atoms with E-state index in [0.29, 0.717) is 0 Å². The van der Waals surface area contributed by atoms with Crippen molar-refractivity contribution in [2.75, 3.05) is 0 Å². The van der Waals surface area contributed by atoms with Crippen LogP contribution in [-0.2, 0) is 19.5 Å². The average molecular weight is 119 g/mol. The van der Waals surface area contributed by atoms with Crippen LogP contribution in [0, 0.1) is 14.4 Å². The van der Waals surface area contributed by atoms with Gasteiger partial charge in [-0.25, -0.2) is 0 Å². The molecule has 0 aromatic heterocycles. The van der Waals surface area contributed by atoms with Crippen molar-refractivity contribution in [3.05, 3.63) is 14.4 Å². The second-order valence-electron chi connectivity index (χ2n) is 0. The molecule has 2 heteroatoms. The first-order valence-corrected chi connectivity index (χ1v) is 1.27. The van der Waals surface area contributed by atoms with Crippen LogP contribution < -0.4 is 0 Å². The van der Waals surface area contributed by atoms with E-state index in [0.717, 1.165) is 0 Å². The van der Waals surface area contributed by atoms with Crippen molar-refractivity contribution >= 4 is 0 Å². The minimum atomic E-state index is 0. The van der Waals surface area contributed by atoms with Gasteiger partial charge in [0, 0.05) is 0 Å². The summed E-state index contributed by atoms with van der Waals surface area (Å²) < 4.78 is 7.94. The van der Waals surface area contributed by atoms with Crippen LogP contribution >= 0.6 is 0 Å². The predicted molar refractivity (Wildman–Crippen MR) is 18.1 cm³/mol. The third-order valence-corrected chi connectivity index (χ3v) is 0. The van der Waals surface area contributed by atoms with Gasteiger partial charge in [-0.3, -0.25) is 0 Å². The van der Waals surface area contributed by atoms with Crippen molar-refractivity contribution in [1.82, 2.24) is 0 Å². The van der Waals surface area contributed by atoms with Gasteiger partial charge in [-0.05, 0) is 0 Å². The third-order valence-electron chi connectivity index (χ3n) is 0. The van der Waals surface area contributed by atoms with Gasteiger partial charge in [0.2, 0.25) is 0 Å². The van der Waals surface area contributed by atoms with E-state index in [1.54, 1.807) is 6.92 Å². The molecule has 37 valence electrons. The first-order chi connectivity index (χ1) is 2.00. The normalized spacial score (nSPS) is 2.20. The SMILES string of the molecule is [CH2-]C.[CH3-].[O]=[Co]. The van der Waals surface area contributed by atoms with Gasteiger partial charge in [0.1, 0.15) is 0 Å². The Morgan fingerprint density at radius 1 is 1.40 bits per heavy atom. The van der Waals surface area contributed by atoms with Crippen LogP contribution in [-0.4, -0.2) is 0 Å². The Morgan fingerprint density at radius 3 is 1.40 bits per heavy atom. The van der Waals surface area contributed by atoms with Crippen LogP contribution in [0.15, 0.2) is 0 Å². The molecule has 0 rings (SSSR count). The van der Waals surface area contributed by atoms with Gasteiger partial charge in [-0.15, -0.1) is 0 Å². The van der Waals surface area contributed by atoms with E-state index in [4.69, 9.17) is 3.87 Å². The van der Waals surface area contributed by atoms with Crippen LogP contribution in [0.25, 0.3) is 0 Å². The fraction of sp³-hybridized carbons (Fsp3) is 0.333. The molecular formula is C3H8CoO-2. The molecular weight excluding hydrogens is 111 g/mol. The summed E-state index contributed by atoms with van der Waals surface area (Å²) in [6, 6.07) is 0. The van der Waals surface area contributed by atoms with E-state index < -0.39 is 0 Å². The van der Waals surface area contributed by atoms with Crippen LogP contribution in [0.3, 0.4) is 0 Å². The van der Waals surface area contributed by atoms with Crippen molar-refractivity contribution in [2.24, 2.45) is 0 Å². The Morgan fingerprint density at radius 2 is 1.40 bits per heavy atom. The molecule has 0 aromatic carbocycles. The van der Waals surface area contributed by atoms with E-state index in [1.165, 1.54) is 0 Å². The molecule has 0 heterocycles. The first kappa shape index (κ1) is 18.5. The number of hydrogen-bond acceptors (Lipinski definition) is 1. The van der Waals surface area contributed by atoms with Gasteiger partial charge < -0.3 is 14.4 Å². The molecule has 0 aliphatic carbocycles. The molecule has 0 saturated carbocycles. The number of rotatable bonds is 0. The summed E-state index contributed by atoms with van der Waals surface area (Å²) in [5.41, 5.74) is 0. The molecule has 0 fully saturated rings. The monoisotopic (exact) mass is 119 g/mol. The molecule has 0 aliphatic heterocycles. The van der Waals surface area contributed by atoms with Crippen LogP contribution in [0.5, 0.6) is 0 Å². The molecule has 5 heavy (non-hydrogen) atoms. The van der Waals surface area contributed by atoms with Gasteiger partial charge in [-0.2, -0.15) is 6.92 Å². The number of hydrogen-bond donors (Lipinski definition) is 0. The van der Waals surface area contributed by atoms with Gasteiger partial charge in [0.05, 0.1) is 0 Å². The topological polar surface area (TPSA) is 17.1 Å². The van der Waals surface area contributed by atoms with E-state index >= 15 is 0 Å². The first-order valence-electron chi connectivity index (χ1n) is 0.843. The van der Waals surface area contributed by atoms with Crippen LogP contribution in [0.4, 0.5) is 0 Å². The summed E-state index contributed by atoms with van der Waals surface area (Å²) >= 11 is 2.31. The zero-order chi connectivity index (χ0) is 4.00. The van der Waals surface area contributed by atoms with Crippen molar-refractivity contribution in [3.8, 4) is 0 Å². The van der Waals surface area contributed by atoms with Crippen molar-refractivity contribution in [2.45, 2.75) is 6.92 Å². The molecule has 0 N–H and O–H groups in total. The van der Waals surface area contributed by atoms with Crippen molar-refractivity contribution < 1.29 is 19.5 Å². The standard InChI is InChI=1S/C2H5.CH3.Co.O/c1-2;;;/h1H2,2H3;1H3;;/q2*-1;;. The van der Waals surface area contributed by atoms with Crippen LogP contribution in [0.2, 0.25) is 0 Å². The maximum atomic E-state index is 7.94. The second-order valence-corrected chi connectivity index (χ2v) is 0. The minimum absolute atomic E-state index is 0. The molecule has 0 aromatic rings. The summed E-state index contributed by atoms with van der Waals surface area (Å²) in [4.78, 5) is 0. The van der Waals surface area contributed by atoms with Gasteiger partial charge >= 0.3 is 19.5 Å². The Balaban J connectivity index is -0.0000000133. The summed E-state index contributed by atoms with van der Waals surface area (Å²) in [6.45, 7) is 5.00.